The maximum atomic E-state index is 13.1. The number of carbonyl (C=O) groups is 1. The van der Waals surface area contributed by atoms with E-state index in [-0.39, 0.29) is 12.5 Å². The van der Waals surface area contributed by atoms with Crippen LogP contribution >= 0.6 is 0 Å². The van der Waals surface area contributed by atoms with Crippen LogP contribution in [0.25, 0.3) is 10.9 Å². The van der Waals surface area contributed by atoms with Crippen molar-refractivity contribution in [2.45, 2.75) is 32.9 Å². The number of aromatic amines is 1. The second-order valence-corrected chi connectivity index (χ2v) is 8.85. The average molecular weight is 488 g/mol. The fourth-order valence-electron chi connectivity index (χ4n) is 3.97. The van der Waals surface area contributed by atoms with Crippen molar-refractivity contribution < 1.29 is 14.3 Å². The summed E-state index contributed by atoms with van der Waals surface area (Å²) in [5.41, 5.74) is 2.87. The molecule has 4 rings (SSSR count). The largest absolute Gasteiger partial charge is 0.493 e. The van der Waals surface area contributed by atoms with Crippen molar-refractivity contribution in [1.29, 1.82) is 0 Å². The molecule has 36 heavy (non-hydrogen) atoms. The van der Waals surface area contributed by atoms with Gasteiger partial charge in [-0.3, -0.25) is 14.2 Å². The number of amides is 1. The molecule has 0 unspecified atom stereocenters. The van der Waals surface area contributed by atoms with E-state index in [9.17, 15) is 14.4 Å². The molecule has 8 nitrogen and oxygen atoms in total. The van der Waals surface area contributed by atoms with E-state index in [1.165, 1.54) is 19.8 Å². The van der Waals surface area contributed by atoms with E-state index in [0.29, 0.717) is 46.0 Å². The molecular weight excluding hydrogens is 458 g/mol. The number of ether oxygens (including phenoxy) is 2. The predicted octanol–water partition coefficient (Wildman–Crippen LogP) is 3.81. The van der Waals surface area contributed by atoms with Gasteiger partial charge in [-0.15, -0.1) is 0 Å². The van der Waals surface area contributed by atoms with Crippen LogP contribution < -0.4 is 26.0 Å². The van der Waals surface area contributed by atoms with E-state index in [2.05, 4.69) is 36.3 Å². The van der Waals surface area contributed by atoms with E-state index in [1.54, 1.807) is 36.4 Å². The first-order chi connectivity index (χ1) is 17.3. The summed E-state index contributed by atoms with van der Waals surface area (Å²) in [6, 6.07) is 18.1. The molecule has 0 fully saturated rings. The lowest BCUT2D eigenvalue weighted by atomic mass is 10.0. The Morgan fingerprint density at radius 1 is 0.917 bits per heavy atom. The summed E-state index contributed by atoms with van der Waals surface area (Å²) in [5.74, 6) is 1.07. The molecule has 0 saturated carbocycles. The Bertz CT molecular complexity index is 1500. The molecule has 4 aromatic rings. The zero-order valence-corrected chi connectivity index (χ0v) is 20.8. The smallest absolute Gasteiger partial charge is 0.329 e. The topological polar surface area (TPSA) is 102 Å². The van der Waals surface area contributed by atoms with E-state index < -0.39 is 11.2 Å². The van der Waals surface area contributed by atoms with Gasteiger partial charge in [0, 0.05) is 18.2 Å². The van der Waals surface area contributed by atoms with Crippen LogP contribution in [0.2, 0.25) is 0 Å². The van der Waals surface area contributed by atoms with Crippen LogP contribution in [0.3, 0.4) is 0 Å². The van der Waals surface area contributed by atoms with Gasteiger partial charge in [-0.2, -0.15) is 0 Å². The van der Waals surface area contributed by atoms with E-state index in [4.69, 9.17) is 9.47 Å². The molecule has 8 heteroatoms. The van der Waals surface area contributed by atoms with Gasteiger partial charge in [0.2, 0.25) is 0 Å². The quantitative estimate of drug-likeness (QED) is 0.394. The lowest BCUT2D eigenvalue weighted by Gasteiger charge is -2.11. The average Bonchev–Trinajstić information content (AvgIpc) is 2.89. The zero-order valence-electron chi connectivity index (χ0n) is 20.8. The highest BCUT2D eigenvalue weighted by molar-refractivity contribution is 5.94. The number of nitrogens with zero attached hydrogens (tertiary/aromatic N) is 1. The summed E-state index contributed by atoms with van der Waals surface area (Å²) in [5, 5.41) is 3.23. The van der Waals surface area contributed by atoms with Crippen molar-refractivity contribution in [2.75, 3.05) is 14.2 Å². The standard InChI is InChI=1S/C28H29N3O5/c1-17(2)20-9-5-18(6-10-20)15-29-26(32)21-11-7-19(8-12-21)16-31-27(33)22-13-24(35-3)25(36-4)14-23(22)30-28(31)34/h5-14,17H,15-16H2,1-4H3,(H,29,32)(H,30,34). The first-order valence-electron chi connectivity index (χ1n) is 11.7. The molecule has 186 valence electrons. The summed E-state index contributed by atoms with van der Waals surface area (Å²) in [6.07, 6.45) is 0. The second-order valence-electron chi connectivity index (χ2n) is 8.85. The Hall–Kier alpha value is -4.33. The van der Waals surface area contributed by atoms with Crippen LogP contribution in [-0.4, -0.2) is 29.7 Å². The summed E-state index contributed by atoms with van der Waals surface area (Å²) in [4.78, 5) is 41.0. The first kappa shape index (κ1) is 24.8. The van der Waals surface area contributed by atoms with E-state index >= 15 is 0 Å². The lowest BCUT2D eigenvalue weighted by molar-refractivity contribution is 0.0951. The van der Waals surface area contributed by atoms with Crippen LogP contribution in [0.15, 0.2) is 70.3 Å². The van der Waals surface area contributed by atoms with Gasteiger partial charge >= 0.3 is 5.69 Å². The number of fused-ring (bicyclic) bond motifs is 1. The van der Waals surface area contributed by atoms with Crippen molar-refractivity contribution in [2.24, 2.45) is 0 Å². The van der Waals surface area contributed by atoms with Gasteiger partial charge in [0.15, 0.2) is 11.5 Å². The summed E-state index contributed by atoms with van der Waals surface area (Å²) in [6.45, 7) is 4.76. The summed E-state index contributed by atoms with van der Waals surface area (Å²) >= 11 is 0. The molecule has 1 aromatic heterocycles. The molecule has 0 radical (unpaired) electrons. The van der Waals surface area contributed by atoms with Gasteiger partial charge in [0.25, 0.3) is 11.5 Å². The predicted molar refractivity (Wildman–Crippen MR) is 139 cm³/mol. The summed E-state index contributed by atoms with van der Waals surface area (Å²) < 4.78 is 11.6. The zero-order chi connectivity index (χ0) is 25.8. The number of rotatable bonds is 8. The number of hydrogen-bond acceptors (Lipinski definition) is 5. The van der Waals surface area contributed by atoms with Crippen LogP contribution in [-0.2, 0) is 13.1 Å². The lowest BCUT2D eigenvalue weighted by Crippen LogP contribution is -2.35. The second kappa shape index (κ2) is 10.5. The van der Waals surface area contributed by atoms with Gasteiger partial charge in [-0.05, 0) is 40.8 Å². The Labute approximate surface area is 208 Å². The number of hydrogen-bond donors (Lipinski definition) is 2. The minimum absolute atomic E-state index is 0.0581. The number of carbonyl (C=O) groups excluding carboxylic acids is 1. The normalized spacial score (nSPS) is 11.0. The third kappa shape index (κ3) is 5.17. The fraction of sp³-hybridized carbons (Fsp3) is 0.250. The molecule has 0 saturated heterocycles. The third-order valence-electron chi connectivity index (χ3n) is 6.14. The minimum Gasteiger partial charge on any atom is -0.493 e. The summed E-state index contributed by atoms with van der Waals surface area (Å²) in [7, 11) is 2.96. The highest BCUT2D eigenvalue weighted by Crippen LogP contribution is 2.29. The molecular formula is C28H29N3O5. The van der Waals surface area contributed by atoms with Crippen LogP contribution in [0.5, 0.6) is 11.5 Å². The maximum absolute atomic E-state index is 13.1. The molecule has 0 aliphatic carbocycles. The minimum atomic E-state index is -0.537. The molecule has 3 aromatic carbocycles. The highest BCUT2D eigenvalue weighted by atomic mass is 16.5. The maximum Gasteiger partial charge on any atom is 0.329 e. The molecule has 0 spiro atoms. The van der Waals surface area contributed by atoms with Crippen molar-refractivity contribution in [3.8, 4) is 11.5 Å². The van der Waals surface area contributed by atoms with Gasteiger partial charge in [0.1, 0.15) is 0 Å². The number of H-pyrrole nitrogens is 1. The fourth-order valence-corrected chi connectivity index (χ4v) is 3.97. The molecule has 0 aliphatic heterocycles. The number of aromatic nitrogens is 2. The number of methoxy groups -OCH3 is 2. The Kier molecular flexibility index (Phi) is 7.24. The van der Waals surface area contributed by atoms with Gasteiger partial charge in [0.05, 0.1) is 31.7 Å². The molecule has 1 heterocycles. The van der Waals surface area contributed by atoms with Crippen LogP contribution in [0.1, 0.15) is 46.8 Å². The Morgan fingerprint density at radius 2 is 1.53 bits per heavy atom. The molecule has 2 N–H and O–H groups in total. The molecule has 1 amide bonds. The Morgan fingerprint density at radius 3 is 2.14 bits per heavy atom. The SMILES string of the molecule is COc1cc2[nH]c(=O)n(Cc3ccc(C(=O)NCc4ccc(C(C)C)cc4)cc3)c(=O)c2cc1OC. The number of benzene rings is 3. The third-order valence-corrected chi connectivity index (χ3v) is 6.14. The molecule has 0 atom stereocenters. The van der Waals surface area contributed by atoms with Gasteiger partial charge in [-0.25, -0.2) is 4.79 Å². The van der Waals surface area contributed by atoms with Crippen molar-refractivity contribution >= 4 is 16.8 Å². The van der Waals surface area contributed by atoms with E-state index in [0.717, 1.165) is 10.1 Å². The van der Waals surface area contributed by atoms with Crippen molar-refractivity contribution in [3.63, 3.8) is 0 Å². The monoisotopic (exact) mass is 487 g/mol. The molecule has 0 aliphatic rings. The van der Waals surface area contributed by atoms with Gasteiger partial charge in [-0.1, -0.05) is 50.2 Å². The number of nitrogens with one attached hydrogen (secondary N) is 2. The van der Waals surface area contributed by atoms with Gasteiger partial charge < -0.3 is 19.8 Å². The van der Waals surface area contributed by atoms with E-state index in [1.807, 2.05) is 12.1 Å². The van der Waals surface area contributed by atoms with Crippen LogP contribution in [0, 0.1) is 0 Å². The molecule has 0 bridgehead atoms. The van der Waals surface area contributed by atoms with Crippen molar-refractivity contribution in [3.05, 3.63) is 104 Å². The first-order valence-corrected chi connectivity index (χ1v) is 11.7. The highest BCUT2D eigenvalue weighted by Gasteiger charge is 2.14. The van der Waals surface area contributed by atoms with Crippen LogP contribution in [0.4, 0.5) is 0 Å². The van der Waals surface area contributed by atoms with Crippen molar-refractivity contribution in [1.82, 2.24) is 14.9 Å². The Balaban J connectivity index is 1.49.